The van der Waals surface area contributed by atoms with Gasteiger partial charge in [0.1, 0.15) is 0 Å². The topological polar surface area (TPSA) is 40.5 Å². The van der Waals surface area contributed by atoms with Gasteiger partial charge in [0.15, 0.2) is 0 Å². The SMILES string of the molecule is CCSCCN1CCC(C(=O)O)(c2ccccc2)CC1. The van der Waals surface area contributed by atoms with Crippen LogP contribution in [0.4, 0.5) is 0 Å². The van der Waals surface area contributed by atoms with Crippen LogP contribution in [0, 0.1) is 0 Å². The van der Waals surface area contributed by atoms with E-state index in [1.165, 1.54) is 0 Å². The summed E-state index contributed by atoms with van der Waals surface area (Å²) in [5, 5.41) is 9.72. The van der Waals surface area contributed by atoms with E-state index in [0.717, 1.165) is 36.7 Å². The van der Waals surface area contributed by atoms with E-state index in [0.29, 0.717) is 12.8 Å². The first-order chi connectivity index (χ1) is 9.69. The van der Waals surface area contributed by atoms with E-state index in [9.17, 15) is 9.90 Å². The summed E-state index contributed by atoms with van der Waals surface area (Å²) in [6, 6.07) is 9.72. The highest BCUT2D eigenvalue weighted by atomic mass is 32.2. The van der Waals surface area contributed by atoms with Crippen LogP contribution in [0.5, 0.6) is 0 Å². The summed E-state index contributed by atoms with van der Waals surface area (Å²) in [6.45, 7) is 5.01. The Hall–Kier alpha value is -1.00. The Labute approximate surface area is 125 Å². The molecule has 0 unspecified atom stereocenters. The molecule has 1 aromatic rings. The number of carboxylic acid groups (broad SMARTS) is 1. The van der Waals surface area contributed by atoms with Crippen molar-refractivity contribution < 1.29 is 9.90 Å². The van der Waals surface area contributed by atoms with Crippen molar-refractivity contribution in [3.8, 4) is 0 Å². The largest absolute Gasteiger partial charge is 0.481 e. The minimum atomic E-state index is -0.685. The minimum absolute atomic E-state index is 0.675. The Morgan fingerprint density at radius 1 is 1.30 bits per heavy atom. The van der Waals surface area contributed by atoms with Crippen molar-refractivity contribution >= 4 is 17.7 Å². The molecule has 0 radical (unpaired) electrons. The van der Waals surface area contributed by atoms with Gasteiger partial charge in [0.25, 0.3) is 0 Å². The first-order valence-corrected chi connectivity index (χ1v) is 8.43. The van der Waals surface area contributed by atoms with Crippen LogP contribution < -0.4 is 0 Å². The van der Waals surface area contributed by atoms with Gasteiger partial charge in [-0.05, 0) is 37.2 Å². The second-order valence-electron chi connectivity index (χ2n) is 5.29. The van der Waals surface area contributed by atoms with Gasteiger partial charge in [0.2, 0.25) is 0 Å². The van der Waals surface area contributed by atoms with Crippen molar-refractivity contribution in [2.45, 2.75) is 25.2 Å². The molecule has 110 valence electrons. The van der Waals surface area contributed by atoms with Crippen molar-refractivity contribution in [3.05, 3.63) is 35.9 Å². The molecular formula is C16H23NO2S. The summed E-state index contributed by atoms with van der Waals surface area (Å²) < 4.78 is 0. The van der Waals surface area contributed by atoms with Gasteiger partial charge in [-0.3, -0.25) is 4.79 Å². The first kappa shape index (κ1) is 15.4. The number of hydrogen-bond donors (Lipinski definition) is 1. The van der Waals surface area contributed by atoms with E-state index in [4.69, 9.17) is 0 Å². The molecule has 1 saturated heterocycles. The third kappa shape index (κ3) is 3.36. The predicted octanol–water partition coefficient (Wildman–Crippen LogP) is 2.86. The maximum atomic E-state index is 11.8. The molecule has 1 heterocycles. The van der Waals surface area contributed by atoms with E-state index >= 15 is 0 Å². The van der Waals surface area contributed by atoms with Crippen LogP contribution in [0.2, 0.25) is 0 Å². The van der Waals surface area contributed by atoms with Crippen LogP contribution in [-0.4, -0.2) is 47.1 Å². The van der Waals surface area contributed by atoms with Crippen LogP contribution in [0.3, 0.4) is 0 Å². The van der Waals surface area contributed by atoms with E-state index in [-0.39, 0.29) is 0 Å². The average molecular weight is 293 g/mol. The molecule has 0 bridgehead atoms. The number of carboxylic acids is 1. The van der Waals surface area contributed by atoms with E-state index in [1.54, 1.807) is 0 Å². The number of benzene rings is 1. The van der Waals surface area contributed by atoms with Gasteiger partial charge in [-0.1, -0.05) is 37.3 Å². The number of likely N-dealkylation sites (tertiary alicyclic amines) is 1. The average Bonchev–Trinajstić information content (AvgIpc) is 2.49. The summed E-state index contributed by atoms with van der Waals surface area (Å²) >= 11 is 1.95. The van der Waals surface area contributed by atoms with Gasteiger partial charge in [-0.2, -0.15) is 11.8 Å². The molecule has 4 heteroatoms. The van der Waals surface area contributed by atoms with Gasteiger partial charge in [0.05, 0.1) is 5.41 Å². The number of carbonyl (C=O) groups is 1. The molecule has 0 amide bonds. The fraction of sp³-hybridized carbons (Fsp3) is 0.562. The molecule has 0 atom stereocenters. The van der Waals surface area contributed by atoms with E-state index in [2.05, 4.69) is 11.8 Å². The normalized spacial score (nSPS) is 18.9. The number of rotatable bonds is 6. The van der Waals surface area contributed by atoms with Gasteiger partial charge < -0.3 is 10.0 Å². The molecule has 20 heavy (non-hydrogen) atoms. The maximum Gasteiger partial charge on any atom is 0.314 e. The Bertz CT molecular complexity index is 427. The Morgan fingerprint density at radius 2 is 1.95 bits per heavy atom. The number of piperidine rings is 1. The summed E-state index contributed by atoms with van der Waals surface area (Å²) in [4.78, 5) is 14.2. The van der Waals surface area contributed by atoms with Crippen molar-refractivity contribution in [1.29, 1.82) is 0 Å². The summed E-state index contributed by atoms with van der Waals surface area (Å²) in [5.74, 6) is 1.62. The van der Waals surface area contributed by atoms with Gasteiger partial charge in [-0.25, -0.2) is 0 Å². The molecule has 0 saturated carbocycles. The van der Waals surface area contributed by atoms with Crippen LogP contribution in [0.1, 0.15) is 25.3 Å². The molecule has 2 rings (SSSR count). The minimum Gasteiger partial charge on any atom is -0.481 e. The second kappa shape index (κ2) is 7.14. The number of nitrogens with zero attached hydrogens (tertiary/aromatic N) is 1. The number of aliphatic carboxylic acids is 1. The molecule has 0 spiro atoms. The Morgan fingerprint density at radius 3 is 2.50 bits per heavy atom. The standard InChI is InChI=1S/C16H23NO2S/c1-2-20-13-12-17-10-8-16(9-11-17,15(18)19)14-6-4-3-5-7-14/h3-7H,2,8-13H2,1H3,(H,18,19). The van der Waals surface area contributed by atoms with E-state index < -0.39 is 11.4 Å². The number of thioether (sulfide) groups is 1. The molecule has 1 aliphatic heterocycles. The highest BCUT2D eigenvalue weighted by Gasteiger charge is 2.42. The van der Waals surface area contributed by atoms with E-state index in [1.807, 2.05) is 42.1 Å². The van der Waals surface area contributed by atoms with Crippen molar-refractivity contribution in [1.82, 2.24) is 4.90 Å². The molecule has 1 aromatic carbocycles. The zero-order valence-electron chi connectivity index (χ0n) is 12.0. The first-order valence-electron chi connectivity index (χ1n) is 7.28. The van der Waals surface area contributed by atoms with Crippen molar-refractivity contribution in [2.75, 3.05) is 31.1 Å². The van der Waals surface area contributed by atoms with Crippen LogP contribution in [0.25, 0.3) is 0 Å². The smallest absolute Gasteiger partial charge is 0.314 e. The fourth-order valence-electron chi connectivity index (χ4n) is 2.88. The molecule has 1 N–H and O–H groups in total. The molecule has 1 fully saturated rings. The molecule has 0 aliphatic carbocycles. The lowest BCUT2D eigenvalue weighted by Gasteiger charge is -2.39. The Balaban J connectivity index is 2.02. The maximum absolute atomic E-state index is 11.8. The fourth-order valence-corrected chi connectivity index (χ4v) is 3.56. The van der Waals surface area contributed by atoms with Crippen LogP contribution >= 0.6 is 11.8 Å². The zero-order chi connectivity index (χ0) is 14.4. The second-order valence-corrected chi connectivity index (χ2v) is 6.69. The van der Waals surface area contributed by atoms with Gasteiger partial charge in [0, 0.05) is 12.3 Å². The molecule has 0 aromatic heterocycles. The lowest BCUT2D eigenvalue weighted by molar-refractivity contribution is -0.146. The highest BCUT2D eigenvalue weighted by molar-refractivity contribution is 7.99. The molecule has 1 aliphatic rings. The number of hydrogen-bond acceptors (Lipinski definition) is 3. The lowest BCUT2D eigenvalue weighted by atomic mass is 9.73. The summed E-state index contributed by atoms with van der Waals surface area (Å²) in [6.07, 6.45) is 1.42. The van der Waals surface area contributed by atoms with Gasteiger partial charge >= 0.3 is 5.97 Å². The van der Waals surface area contributed by atoms with Crippen molar-refractivity contribution in [2.24, 2.45) is 0 Å². The summed E-state index contributed by atoms with van der Waals surface area (Å²) in [7, 11) is 0. The van der Waals surface area contributed by atoms with Crippen LogP contribution in [0.15, 0.2) is 30.3 Å². The lowest BCUT2D eigenvalue weighted by Crippen LogP contribution is -2.47. The third-order valence-corrected chi connectivity index (χ3v) is 5.08. The zero-order valence-corrected chi connectivity index (χ0v) is 12.9. The van der Waals surface area contributed by atoms with Crippen LogP contribution in [-0.2, 0) is 10.2 Å². The van der Waals surface area contributed by atoms with Gasteiger partial charge in [-0.15, -0.1) is 0 Å². The Kier molecular flexibility index (Phi) is 5.49. The third-order valence-electron chi connectivity index (χ3n) is 4.20. The van der Waals surface area contributed by atoms with Crippen molar-refractivity contribution in [3.63, 3.8) is 0 Å². The summed E-state index contributed by atoms with van der Waals surface area (Å²) in [5.41, 5.74) is 0.269. The molecular weight excluding hydrogens is 270 g/mol. The molecule has 3 nitrogen and oxygen atoms in total. The quantitative estimate of drug-likeness (QED) is 0.819. The highest BCUT2D eigenvalue weighted by Crippen LogP contribution is 2.35. The monoisotopic (exact) mass is 293 g/mol. The predicted molar refractivity (Wildman–Crippen MR) is 84.4 cm³/mol.